The van der Waals surface area contributed by atoms with Crippen LogP contribution in [0.15, 0.2) is 34.2 Å². The zero-order valence-electron chi connectivity index (χ0n) is 15.2. The molecule has 7 heteroatoms. The van der Waals surface area contributed by atoms with Gasteiger partial charge in [-0.05, 0) is 31.0 Å². The number of hydrogen-bond donors (Lipinski definition) is 2. The molecule has 0 amide bonds. The van der Waals surface area contributed by atoms with Crippen LogP contribution in [0.25, 0.3) is 0 Å². The van der Waals surface area contributed by atoms with Gasteiger partial charge in [0.15, 0.2) is 5.96 Å². The van der Waals surface area contributed by atoms with E-state index in [2.05, 4.69) is 22.5 Å². The molecule has 0 atom stereocenters. The summed E-state index contributed by atoms with van der Waals surface area (Å²) in [7, 11) is -0.322. The number of unbranched alkanes of at least 4 members (excludes halogenated alkanes) is 2. The van der Waals surface area contributed by atoms with Crippen LogP contribution in [-0.2, 0) is 16.6 Å². The Bertz CT molecular complexity index is 610. The van der Waals surface area contributed by atoms with E-state index >= 15 is 0 Å². The summed E-state index contributed by atoms with van der Waals surface area (Å²) in [6.45, 7) is 6.42. The highest BCUT2D eigenvalue weighted by Gasteiger charge is 2.16. The Morgan fingerprint density at radius 1 is 1.08 bits per heavy atom. The van der Waals surface area contributed by atoms with E-state index in [0.717, 1.165) is 31.0 Å². The molecule has 0 saturated heterocycles. The smallest absolute Gasteiger partial charge is 0.242 e. The number of nitrogens with one attached hydrogen (secondary N) is 2. The monoisotopic (exact) mass is 354 g/mol. The molecule has 2 N–H and O–H groups in total. The van der Waals surface area contributed by atoms with Crippen LogP contribution in [0.4, 0.5) is 0 Å². The minimum absolute atomic E-state index is 0.296. The Kier molecular flexibility index (Phi) is 8.78. The van der Waals surface area contributed by atoms with Gasteiger partial charge in [0.2, 0.25) is 10.0 Å². The van der Waals surface area contributed by atoms with Crippen molar-refractivity contribution in [2.24, 2.45) is 4.99 Å². The van der Waals surface area contributed by atoms with Crippen molar-refractivity contribution < 1.29 is 8.42 Å². The van der Waals surface area contributed by atoms with Gasteiger partial charge >= 0.3 is 0 Å². The maximum atomic E-state index is 12.0. The lowest BCUT2D eigenvalue weighted by atomic mass is 10.2. The zero-order valence-corrected chi connectivity index (χ0v) is 16.0. The maximum Gasteiger partial charge on any atom is 0.242 e. The van der Waals surface area contributed by atoms with Gasteiger partial charge in [0.05, 0.1) is 11.4 Å². The van der Waals surface area contributed by atoms with Crippen LogP contribution in [0.2, 0.25) is 0 Å². The molecule has 0 aliphatic carbocycles. The summed E-state index contributed by atoms with van der Waals surface area (Å²) in [4.78, 5) is 4.84. The van der Waals surface area contributed by atoms with Crippen LogP contribution in [0.5, 0.6) is 0 Å². The first-order valence-corrected chi connectivity index (χ1v) is 9.89. The number of hydrogen-bond acceptors (Lipinski definition) is 3. The van der Waals surface area contributed by atoms with Crippen LogP contribution < -0.4 is 10.6 Å². The highest BCUT2D eigenvalue weighted by atomic mass is 32.2. The zero-order chi connectivity index (χ0) is 18.0. The minimum Gasteiger partial charge on any atom is -0.357 e. The minimum atomic E-state index is -3.38. The molecule has 0 aromatic heterocycles. The van der Waals surface area contributed by atoms with Gasteiger partial charge in [0, 0.05) is 27.2 Å². The Morgan fingerprint density at radius 2 is 1.75 bits per heavy atom. The van der Waals surface area contributed by atoms with E-state index in [1.165, 1.54) is 31.2 Å². The Hall–Kier alpha value is -1.60. The van der Waals surface area contributed by atoms with Crippen LogP contribution in [-0.4, -0.2) is 45.9 Å². The normalized spacial score (nSPS) is 12.5. The van der Waals surface area contributed by atoms with E-state index in [1.807, 2.05) is 6.92 Å². The third-order valence-corrected chi connectivity index (χ3v) is 5.37. The average Bonchev–Trinajstić information content (AvgIpc) is 2.56. The van der Waals surface area contributed by atoms with Crippen molar-refractivity contribution in [3.63, 3.8) is 0 Å². The molecule has 0 aliphatic heterocycles. The molecule has 0 unspecified atom stereocenters. The Balaban J connectivity index is 2.69. The molecular weight excluding hydrogens is 324 g/mol. The molecule has 1 rings (SSSR count). The summed E-state index contributed by atoms with van der Waals surface area (Å²) in [6, 6.07) is 6.87. The van der Waals surface area contributed by atoms with Crippen molar-refractivity contribution in [1.82, 2.24) is 14.9 Å². The van der Waals surface area contributed by atoms with Crippen molar-refractivity contribution in [3.8, 4) is 0 Å². The average molecular weight is 355 g/mol. The predicted octanol–water partition coefficient (Wildman–Crippen LogP) is 2.18. The van der Waals surface area contributed by atoms with E-state index in [9.17, 15) is 8.42 Å². The second kappa shape index (κ2) is 10.3. The number of sulfonamides is 1. The molecule has 1 aromatic carbocycles. The first-order valence-electron chi connectivity index (χ1n) is 8.45. The third-order valence-electron chi connectivity index (χ3n) is 3.54. The quantitative estimate of drug-likeness (QED) is 0.405. The van der Waals surface area contributed by atoms with Gasteiger partial charge < -0.3 is 10.6 Å². The summed E-state index contributed by atoms with van der Waals surface area (Å²) in [6.07, 6.45) is 3.52. The molecule has 6 nitrogen and oxygen atoms in total. The van der Waals surface area contributed by atoms with E-state index < -0.39 is 10.0 Å². The standard InChI is InChI=1S/C17H30N4O2S/c1-5-7-8-13-19-17(18-6-2)20-14-15-9-11-16(12-10-15)24(22,23)21(3)4/h9-12H,5-8,13-14H2,1-4H3,(H2,18,19,20). The van der Waals surface area contributed by atoms with Gasteiger partial charge in [0.1, 0.15) is 0 Å². The fourth-order valence-corrected chi connectivity index (χ4v) is 2.97. The van der Waals surface area contributed by atoms with Gasteiger partial charge in [-0.1, -0.05) is 31.9 Å². The highest BCUT2D eigenvalue weighted by Crippen LogP contribution is 2.14. The predicted molar refractivity (Wildman–Crippen MR) is 99.7 cm³/mol. The lowest BCUT2D eigenvalue weighted by molar-refractivity contribution is 0.520. The Labute approximate surface area is 146 Å². The van der Waals surface area contributed by atoms with Gasteiger partial charge in [0.25, 0.3) is 0 Å². The van der Waals surface area contributed by atoms with Crippen molar-refractivity contribution in [3.05, 3.63) is 29.8 Å². The molecule has 1 aromatic rings. The summed E-state index contributed by atoms with van der Waals surface area (Å²) >= 11 is 0. The number of aliphatic imine (C=N–C) groups is 1. The first-order chi connectivity index (χ1) is 11.4. The molecular formula is C17H30N4O2S. The van der Waals surface area contributed by atoms with Gasteiger partial charge in [-0.25, -0.2) is 17.7 Å². The second-order valence-corrected chi connectivity index (χ2v) is 7.91. The lowest BCUT2D eigenvalue weighted by Gasteiger charge is -2.12. The van der Waals surface area contributed by atoms with Crippen LogP contribution >= 0.6 is 0 Å². The maximum absolute atomic E-state index is 12.0. The van der Waals surface area contributed by atoms with Crippen LogP contribution in [0.1, 0.15) is 38.7 Å². The third kappa shape index (κ3) is 6.49. The van der Waals surface area contributed by atoms with Gasteiger partial charge in [-0.15, -0.1) is 0 Å². The molecule has 0 bridgehead atoms. The summed E-state index contributed by atoms with van der Waals surface area (Å²) in [5.74, 6) is 0.790. The SMILES string of the molecule is CCCCCNC(=NCc1ccc(S(=O)(=O)N(C)C)cc1)NCC. The summed E-state index contributed by atoms with van der Waals surface area (Å²) in [5, 5.41) is 6.53. The molecule has 0 radical (unpaired) electrons. The van der Waals surface area contributed by atoms with Gasteiger partial charge in [-0.3, -0.25) is 0 Å². The van der Waals surface area contributed by atoms with E-state index in [4.69, 9.17) is 0 Å². The molecule has 0 saturated carbocycles. The van der Waals surface area contributed by atoms with Crippen LogP contribution in [0, 0.1) is 0 Å². The highest BCUT2D eigenvalue weighted by molar-refractivity contribution is 7.89. The second-order valence-electron chi connectivity index (χ2n) is 5.76. The van der Waals surface area contributed by atoms with E-state index in [-0.39, 0.29) is 0 Å². The van der Waals surface area contributed by atoms with Crippen molar-refractivity contribution in [1.29, 1.82) is 0 Å². The lowest BCUT2D eigenvalue weighted by Crippen LogP contribution is -2.37. The fraction of sp³-hybridized carbons (Fsp3) is 0.588. The summed E-state index contributed by atoms with van der Waals surface area (Å²) in [5.41, 5.74) is 0.971. The van der Waals surface area contributed by atoms with E-state index in [0.29, 0.717) is 11.4 Å². The largest absolute Gasteiger partial charge is 0.357 e. The molecule has 0 spiro atoms. The topological polar surface area (TPSA) is 73.8 Å². The molecule has 0 heterocycles. The summed E-state index contributed by atoms with van der Waals surface area (Å²) < 4.78 is 25.3. The van der Waals surface area contributed by atoms with E-state index in [1.54, 1.807) is 24.3 Å². The molecule has 0 aliphatic rings. The van der Waals surface area contributed by atoms with Crippen molar-refractivity contribution in [2.45, 2.75) is 44.6 Å². The number of guanidine groups is 1. The van der Waals surface area contributed by atoms with Crippen LogP contribution in [0.3, 0.4) is 0 Å². The van der Waals surface area contributed by atoms with Crippen molar-refractivity contribution >= 4 is 16.0 Å². The number of benzene rings is 1. The molecule has 0 fully saturated rings. The Morgan fingerprint density at radius 3 is 2.29 bits per heavy atom. The first kappa shape index (κ1) is 20.4. The fourth-order valence-electron chi connectivity index (χ4n) is 2.07. The number of nitrogens with zero attached hydrogens (tertiary/aromatic N) is 2. The van der Waals surface area contributed by atoms with Gasteiger partial charge in [-0.2, -0.15) is 0 Å². The number of rotatable bonds is 9. The molecule has 24 heavy (non-hydrogen) atoms. The molecule has 136 valence electrons. The van der Waals surface area contributed by atoms with Crippen molar-refractivity contribution in [2.75, 3.05) is 27.2 Å².